The largest absolute Gasteiger partial charge is 0.497 e. The number of methoxy groups -OCH3 is 1. The Morgan fingerprint density at radius 1 is 1.24 bits per heavy atom. The summed E-state index contributed by atoms with van der Waals surface area (Å²) in [5.41, 5.74) is 7.39. The van der Waals surface area contributed by atoms with Gasteiger partial charge in [0.1, 0.15) is 5.75 Å². The van der Waals surface area contributed by atoms with Crippen LogP contribution in [0.3, 0.4) is 0 Å². The number of hydrogen-bond acceptors (Lipinski definition) is 4. The van der Waals surface area contributed by atoms with E-state index in [4.69, 9.17) is 10.5 Å². The molecule has 1 aliphatic heterocycles. The van der Waals surface area contributed by atoms with Gasteiger partial charge in [0.05, 0.1) is 7.11 Å². The Morgan fingerprint density at radius 3 is 2.43 bits per heavy atom. The van der Waals surface area contributed by atoms with Crippen LogP contribution in [0.5, 0.6) is 5.75 Å². The average Bonchev–Trinajstić information content (AvgIpc) is 2.54. The van der Waals surface area contributed by atoms with Gasteiger partial charge in [-0.3, -0.25) is 4.90 Å². The summed E-state index contributed by atoms with van der Waals surface area (Å²) in [5.74, 6) is 1.48. The lowest BCUT2D eigenvalue weighted by Gasteiger charge is -2.48. The van der Waals surface area contributed by atoms with Crippen LogP contribution < -0.4 is 15.4 Å². The van der Waals surface area contributed by atoms with Gasteiger partial charge in [-0.15, -0.1) is 0 Å². The first-order valence-corrected chi connectivity index (χ1v) is 7.85. The molecule has 1 unspecified atom stereocenters. The molecule has 0 aliphatic carbocycles. The summed E-state index contributed by atoms with van der Waals surface area (Å²) in [5, 5.41) is 0. The van der Waals surface area contributed by atoms with Gasteiger partial charge in [-0.2, -0.15) is 0 Å². The molecule has 0 saturated carbocycles. The Balaban J connectivity index is 2.03. The van der Waals surface area contributed by atoms with E-state index in [2.05, 4.69) is 48.8 Å². The Labute approximate surface area is 128 Å². The highest BCUT2D eigenvalue weighted by molar-refractivity contribution is 5.51. The number of piperazine rings is 1. The lowest BCUT2D eigenvalue weighted by atomic mass is 9.86. The molecule has 4 heteroatoms. The highest BCUT2D eigenvalue weighted by atomic mass is 16.5. The molecule has 1 fully saturated rings. The third-order valence-electron chi connectivity index (χ3n) is 5.08. The topological polar surface area (TPSA) is 41.7 Å². The van der Waals surface area contributed by atoms with E-state index in [0.29, 0.717) is 12.5 Å². The molecule has 118 valence electrons. The van der Waals surface area contributed by atoms with Crippen LogP contribution in [0, 0.1) is 5.92 Å². The lowest BCUT2D eigenvalue weighted by molar-refractivity contribution is 0.0616. The Bertz CT molecular complexity index is 455. The van der Waals surface area contributed by atoms with Crippen LogP contribution in [0.1, 0.15) is 20.8 Å². The molecule has 0 bridgehead atoms. The zero-order valence-corrected chi connectivity index (χ0v) is 13.8. The van der Waals surface area contributed by atoms with Crippen molar-refractivity contribution in [3.63, 3.8) is 0 Å². The lowest BCUT2D eigenvalue weighted by Crippen LogP contribution is -2.61. The highest BCUT2D eigenvalue weighted by Gasteiger charge is 2.35. The first-order valence-electron chi connectivity index (χ1n) is 7.85. The molecular formula is C17H29N3O. The number of ether oxygens (including phenoxy) is 1. The van der Waals surface area contributed by atoms with Crippen LogP contribution in [-0.2, 0) is 0 Å². The van der Waals surface area contributed by atoms with Crippen molar-refractivity contribution in [1.82, 2.24) is 4.90 Å². The van der Waals surface area contributed by atoms with E-state index >= 15 is 0 Å². The minimum absolute atomic E-state index is 0.0977. The summed E-state index contributed by atoms with van der Waals surface area (Å²) in [6, 6.07) is 8.31. The van der Waals surface area contributed by atoms with Crippen molar-refractivity contribution < 1.29 is 4.74 Å². The van der Waals surface area contributed by atoms with Gasteiger partial charge in [0.25, 0.3) is 0 Å². The van der Waals surface area contributed by atoms with E-state index in [0.717, 1.165) is 31.9 Å². The maximum Gasteiger partial charge on any atom is 0.120 e. The van der Waals surface area contributed by atoms with Gasteiger partial charge in [0, 0.05) is 50.0 Å². The number of nitrogens with two attached hydrogens (primary N) is 1. The second-order valence-corrected chi connectivity index (χ2v) is 6.39. The summed E-state index contributed by atoms with van der Waals surface area (Å²) >= 11 is 0. The molecule has 1 aliphatic rings. The first kappa shape index (κ1) is 16.1. The van der Waals surface area contributed by atoms with Crippen molar-refractivity contribution >= 4 is 5.69 Å². The zero-order chi connectivity index (χ0) is 15.5. The number of hydrogen-bond donors (Lipinski definition) is 1. The third-order valence-corrected chi connectivity index (χ3v) is 5.08. The zero-order valence-electron chi connectivity index (χ0n) is 13.8. The van der Waals surface area contributed by atoms with Gasteiger partial charge >= 0.3 is 0 Å². The number of benzene rings is 1. The summed E-state index contributed by atoms with van der Waals surface area (Å²) < 4.78 is 5.32. The summed E-state index contributed by atoms with van der Waals surface area (Å²) in [6.07, 6.45) is 0. The molecule has 4 nitrogen and oxygen atoms in total. The van der Waals surface area contributed by atoms with E-state index in [1.807, 2.05) is 6.07 Å². The molecular weight excluding hydrogens is 262 g/mol. The van der Waals surface area contributed by atoms with Gasteiger partial charge < -0.3 is 15.4 Å². The predicted molar refractivity (Wildman–Crippen MR) is 89.1 cm³/mol. The molecule has 1 heterocycles. The minimum atomic E-state index is 0.0977. The van der Waals surface area contributed by atoms with Crippen LogP contribution in [0.25, 0.3) is 0 Å². The van der Waals surface area contributed by atoms with Crippen LogP contribution >= 0.6 is 0 Å². The monoisotopic (exact) mass is 291 g/mol. The average molecular weight is 291 g/mol. The summed E-state index contributed by atoms with van der Waals surface area (Å²) in [7, 11) is 1.71. The molecule has 1 aromatic rings. The van der Waals surface area contributed by atoms with E-state index in [1.165, 1.54) is 5.69 Å². The standard InChI is InChI=1S/C17H29N3O/c1-14(2)17(3,13-18)20-10-8-19(9-11-20)15-6-5-7-16(12-15)21-4/h5-7,12,14H,8-11,13,18H2,1-4H3. The van der Waals surface area contributed by atoms with Crippen LogP contribution in [0.2, 0.25) is 0 Å². The molecule has 2 N–H and O–H groups in total. The van der Waals surface area contributed by atoms with E-state index < -0.39 is 0 Å². The van der Waals surface area contributed by atoms with Gasteiger partial charge in [-0.1, -0.05) is 19.9 Å². The van der Waals surface area contributed by atoms with Crippen molar-refractivity contribution in [2.45, 2.75) is 26.3 Å². The third kappa shape index (κ3) is 3.33. The second kappa shape index (κ2) is 6.67. The van der Waals surface area contributed by atoms with Crippen LogP contribution in [0.15, 0.2) is 24.3 Å². The molecule has 21 heavy (non-hydrogen) atoms. The van der Waals surface area contributed by atoms with Crippen LogP contribution in [-0.4, -0.2) is 50.3 Å². The van der Waals surface area contributed by atoms with Crippen molar-refractivity contribution in [1.29, 1.82) is 0 Å². The van der Waals surface area contributed by atoms with Gasteiger partial charge in [-0.25, -0.2) is 0 Å². The molecule has 1 atom stereocenters. The fourth-order valence-electron chi connectivity index (χ4n) is 3.01. The molecule has 0 aromatic heterocycles. The molecule has 0 radical (unpaired) electrons. The Hall–Kier alpha value is -1.26. The predicted octanol–water partition coefficient (Wildman–Crippen LogP) is 2.19. The van der Waals surface area contributed by atoms with Crippen molar-refractivity contribution in [2.75, 3.05) is 44.7 Å². The van der Waals surface area contributed by atoms with Crippen molar-refractivity contribution in [3.05, 3.63) is 24.3 Å². The normalized spacial score (nSPS) is 19.6. The van der Waals surface area contributed by atoms with Gasteiger partial charge in [0.15, 0.2) is 0 Å². The molecule has 1 aromatic carbocycles. The molecule has 1 saturated heterocycles. The SMILES string of the molecule is COc1cccc(N2CCN(C(C)(CN)C(C)C)CC2)c1. The maximum atomic E-state index is 6.05. The number of nitrogens with zero attached hydrogens (tertiary/aromatic N) is 2. The molecule has 0 spiro atoms. The number of rotatable bonds is 5. The van der Waals surface area contributed by atoms with E-state index in [1.54, 1.807) is 7.11 Å². The fraction of sp³-hybridized carbons (Fsp3) is 0.647. The summed E-state index contributed by atoms with van der Waals surface area (Å²) in [4.78, 5) is 4.98. The molecule has 0 amide bonds. The number of anilines is 1. The van der Waals surface area contributed by atoms with Gasteiger partial charge in [0.2, 0.25) is 0 Å². The maximum absolute atomic E-state index is 6.05. The minimum Gasteiger partial charge on any atom is -0.497 e. The molecule has 2 rings (SSSR count). The summed E-state index contributed by atoms with van der Waals surface area (Å²) in [6.45, 7) is 11.7. The van der Waals surface area contributed by atoms with Gasteiger partial charge in [-0.05, 0) is 25.0 Å². The smallest absolute Gasteiger partial charge is 0.120 e. The highest BCUT2D eigenvalue weighted by Crippen LogP contribution is 2.27. The van der Waals surface area contributed by atoms with Crippen LogP contribution in [0.4, 0.5) is 5.69 Å². The Morgan fingerprint density at radius 2 is 1.90 bits per heavy atom. The second-order valence-electron chi connectivity index (χ2n) is 6.39. The quantitative estimate of drug-likeness (QED) is 0.903. The fourth-order valence-corrected chi connectivity index (χ4v) is 3.01. The van der Waals surface area contributed by atoms with E-state index in [9.17, 15) is 0 Å². The first-order chi connectivity index (χ1) is 10.0. The van der Waals surface area contributed by atoms with Crippen molar-refractivity contribution in [3.8, 4) is 5.75 Å². The van der Waals surface area contributed by atoms with Crippen molar-refractivity contribution in [2.24, 2.45) is 11.7 Å². The Kier molecular flexibility index (Phi) is 5.12. The van der Waals surface area contributed by atoms with E-state index in [-0.39, 0.29) is 5.54 Å².